The molecule has 0 aliphatic carbocycles. The summed E-state index contributed by atoms with van der Waals surface area (Å²) in [5.41, 5.74) is 3.61. The third kappa shape index (κ3) is 3.69. The Balaban J connectivity index is 1.74. The third-order valence-electron chi connectivity index (χ3n) is 4.77. The average Bonchev–Trinajstić information content (AvgIpc) is 2.99. The Hall–Kier alpha value is -3.35. The maximum atomic E-state index is 12.8. The lowest BCUT2D eigenvalue weighted by atomic mass is 10.1. The van der Waals surface area contributed by atoms with E-state index in [2.05, 4.69) is 5.32 Å². The summed E-state index contributed by atoms with van der Waals surface area (Å²) in [5, 5.41) is 2.86. The Morgan fingerprint density at radius 3 is 2.43 bits per heavy atom. The smallest absolute Gasteiger partial charge is 0.408 e. The summed E-state index contributed by atoms with van der Waals surface area (Å²) in [5.74, 6) is -1.26. The van der Waals surface area contributed by atoms with Gasteiger partial charge in [0.25, 0.3) is 0 Å². The number of aryl methyl sites for hydroxylation is 2. The predicted octanol–water partition coefficient (Wildman–Crippen LogP) is 2.87. The van der Waals surface area contributed by atoms with E-state index in [1.54, 1.807) is 31.2 Å². The van der Waals surface area contributed by atoms with Gasteiger partial charge in [0.15, 0.2) is 5.58 Å². The van der Waals surface area contributed by atoms with Gasteiger partial charge < -0.3 is 14.6 Å². The summed E-state index contributed by atoms with van der Waals surface area (Å²) in [7, 11) is 1.54. The van der Waals surface area contributed by atoms with Crippen molar-refractivity contribution in [3.8, 4) is 0 Å². The predicted molar refractivity (Wildman–Crippen MR) is 107 cm³/mol. The van der Waals surface area contributed by atoms with Crippen LogP contribution in [0.2, 0.25) is 0 Å². The normalized spacial score (nSPS) is 12.0. The van der Waals surface area contributed by atoms with Gasteiger partial charge in [0, 0.05) is 12.7 Å². The number of carbonyl (C=O) groups excluding carboxylic acids is 2. The van der Waals surface area contributed by atoms with E-state index in [1.807, 2.05) is 32.0 Å². The van der Waals surface area contributed by atoms with E-state index >= 15 is 0 Å². The number of nitrogens with one attached hydrogen (secondary N) is 1. The molecule has 7 nitrogen and oxygen atoms in total. The van der Waals surface area contributed by atoms with Crippen molar-refractivity contribution < 1.29 is 14.0 Å². The molecule has 0 saturated heterocycles. The van der Waals surface area contributed by atoms with Gasteiger partial charge in [-0.1, -0.05) is 30.3 Å². The fraction of sp³-hybridized carbons (Fsp3) is 0.286. The maximum Gasteiger partial charge on any atom is 0.420 e. The number of amides is 2. The maximum absolute atomic E-state index is 12.8. The van der Waals surface area contributed by atoms with Crippen molar-refractivity contribution in [2.24, 2.45) is 0 Å². The van der Waals surface area contributed by atoms with Crippen LogP contribution in [0.5, 0.6) is 0 Å². The molecule has 0 bridgehead atoms. The fourth-order valence-corrected chi connectivity index (χ4v) is 3.26. The van der Waals surface area contributed by atoms with E-state index in [4.69, 9.17) is 4.42 Å². The van der Waals surface area contributed by atoms with E-state index in [9.17, 15) is 14.4 Å². The second-order valence-electron chi connectivity index (χ2n) is 6.89. The van der Waals surface area contributed by atoms with Crippen molar-refractivity contribution in [3.05, 3.63) is 64.1 Å². The summed E-state index contributed by atoms with van der Waals surface area (Å²) < 4.78 is 6.50. The zero-order chi connectivity index (χ0) is 20.4. The topological polar surface area (TPSA) is 84.5 Å². The molecule has 7 heteroatoms. The Morgan fingerprint density at radius 1 is 1.11 bits per heavy atom. The van der Waals surface area contributed by atoms with Crippen molar-refractivity contribution in [1.82, 2.24) is 9.47 Å². The van der Waals surface area contributed by atoms with Crippen molar-refractivity contribution in [2.75, 3.05) is 18.9 Å². The standard InChI is InChI=1S/C21H23N3O4/c1-13-8-7-9-14(2)19(13)22-18(25)12-23(4)20(26)15(3)24-16-10-5-6-11-17(16)28-21(24)27/h5-11,15H,12H2,1-4H3,(H,22,25). The second-order valence-corrected chi connectivity index (χ2v) is 6.89. The van der Waals surface area contributed by atoms with Crippen LogP contribution in [0.15, 0.2) is 51.7 Å². The van der Waals surface area contributed by atoms with Crippen LogP contribution >= 0.6 is 0 Å². The van der Waals surface area contributed by atoms with Gasteiger partial charge in [0.2, 0.25) is 11.8 Å². The van der Waals surface area contributed by atoms with Crippen LogP contribution in [0.1, 0.15) is 24.1 Å². The van der Waals surface area contributed by atoms with Gasteiger partial charge in [-0.15, -0.1) is 0 Å². The second kappa shape index (κ2) is 7.72. The molecule has 146 valence electrons. The highest BCUT2D eigenvalue weighted by atomic mass is 16.4. The van der Waals surface area contributed by atoms with Gasteiger partial charge >= 0.3 is 5.76 Å². The van der Waals surface area contributed by atoms with E-state index in [0.717, 1.165) is 16.8 Å². The van der Waals surface area contributed by atoms with Crippen LogP contribution in [-0.2, 0) is 9.59 Å². The number of rotatable bonds is 5. The highest BCUT2D eigenvalue weighted by Gasteiger charge is 2.25. The van der Waals surface area contributed by atoms with Crippen LogP contribution in [-0.4, -0.2) is 34.9 Å². The lowest BCUT2D eigenvalue weighted by Gasteiger charge is -2.22. The molecule has 1 atom stereocenters. The lowest BCUT2D eigenvalue weighted by Crippen LogP contribution is -2.40. The van der Waals surface area contributed by atoms with Gasteiger partial charge in [0.1, 0.15) is 6.04 Å². The first-order valence-corrected chi connectivity index (χ1v) is 9.00. The average molecular weight is 381 g/mol. The number of fused-ring (bicyclic) bond motifs is 1. The number of anilines is 1. The number of para-hydroxylation sites is 3. The molecular formula is C21H23N3O4. The first-order chi connectivity index (χ1) is 13.3. The Kier molecular flexibility index (Phi) is 5.35. The van der Waals surface area contributed by atoms with Crippen LogP contribution in [0.4, 0.5) is 5.69 Å². The Morgan fingerprint density at radius 2 is 1.75 bits per heavy atom. The number of carbonyl (C=O) groups is 2. The van der Waals surface area contributed by atoms with Crippen LogP contribution in [0, 0.1) is 13.8 Å². The van der Waals surface area contributed by atoms with Crippen LogP contribution in [0.25, 0.3) is 11.1 Å². The van der Waals surface area contributed by atoms with Crippen molar-refractivity contribution in [2.45, 2.75) is 26.8 Å². The number of likely N-dealkylation sites (N-methyl/N-ethyl adjacent to an activating group) is 1. The largest absolute Gasteiger partial charge is 0.420 e. The lowest BCUT2D eigenvalue weighted by molar-refractivity contribution is -0.135. The molecule has 28 heavy (non-hydrogen) atoms. The molecular weight excluding hydrogens is 358 g/mol. The van der Waals surface area contributed by atoms with Gasteiger partial charge in [-0.2, -0.15) is 0 Å². The third-order valence-corrected chi connectivity index (χ3v) is 4.77. The van der Waals surface area contributed by atoms with Gasteiger partial charge in [-0.05, 0) is 44.0 Å². The molecule has 0 fully saturated rings. The molecule has 3 rings (SSSR count). The zero-order valence-electron chi connectivity index (χ0n) is 16.4. The highest BCUT2D eigenvalue weighted by Crippen LogP contribution is 2.20. The summed E-state index contributed by atoms with van der Waals surface area (Å²) in [6.45, 7) is 5.32. The molecule has 0 aliphatic heterocycles. The highest BCUT2D eigenvalue weighted by molar-refractivity contribution is 5.96. The van der Waals surface area contributed by atoms with E-state index < -0.39 is 11.8 Å². The summed E-state index contributed by atoms with van der Waals surface area (Å²) in [6.07, 6.45) is 0. The fourth-order valence-electron chi connectivity index (χ4n) is 3.26. The molecule has 1 heterocycles. The van der Waals surface area contributed by atoms with E-state index in [0.29, 0.717) is 11.1 Å². The number of hydrogen-bond acceptors (Lipinski definition) is 4. The molecule has 1 N–H and O–H groups in total. The van der Waals surface area contributed by atoms with E-state index in [-0.39, 0.29) is 18.4 Å². The molecule has 0 saturated carbocycles. The minimum atomic E-state index is -0.797. The monoisotopic (exact) mass is 381 g/mol. The molecule has 2 amide bonds. The summed E-state index contributed by atoms with van der Waals surface area (Å²) >= 11 is 0. The van der Waals surface area contributed by atoms with Gasteiger partial charge in [-0.3, -0.25) is 14.2 Å². The van der Waals surface area contributed by atoms with Gasteiger partial charge in [-0.25, -0.2) is 4.79 Å². The van der Waals surface area contributed by atoms with Crippen molar-refractivity contribution in [3.63, 3.8) is 0 Å². The molecule has 3 aromatic rings. The van der Waals surface area contributed by atoms with Crippen LogP contribution in [0.3, 0.4) is 0 Å². The van der Waals surface area contributed by atoms with Gasteiger partial charge in [0.05, 0.1) is 12.1 Å². The molecule has 1 aromatic heterocycles. The van der Waals surface area contributed by atoms with Crippen molar-refractivity contribution >= 4 is 28.6 Å². The summed E-state index contributed by atoms with van der Waals surface area (Å²) in [6, 6.07) is 11.9. The number of oxazole rings is 1. The quantitative estimate of drug-likeness (QED) is 0.736. The Bertz CT molecular complexity index is 1080. The molecule has 0 radical (unpaired) electrons. The first kappa shape index (κ1) is 19.4. The van der Waals surface area contributed by atoms with Crippen LogP contribution < -0.4 is 11.1 Å². The number of nitrogens with zero attached hydrogens (tertiary/aromatic N) is 2. The first-order valence-electron chi connectivity index (χ1n) is 9.00. The number of hydrogen-bond donors (Lipinski definition) is 1. The minimum absolute atomic E-state index is 0.124. The van der Waals surface area contributed by atoms with E-state index in [1.165, 1.54) is 16.5 Å². The minimum Gasteiger partial charge on any atom is -0.408 e. The SMILES string of the molecule is Cc1cccc(C)c1NC(=O)CN(C)C(=O)C(C)n1c(=O)oc2ccccc21. The molecule has 2 aromatic carbocycles. The number of aromatic nitrogens is 1. The molecule has 0 spiro atoms. The zero-order valence-corrected chi connectivity index (χ0v) is 16.4. The number of benzene rings is 2. The molecule has 0 aliphatic rings. The Labute approximate surface area is 162 Å². The summed E-state index contributed by atoms with van der Waals surface area (Å²) in [4.78, 5) is 38.7. The van der Waals surface area contributed by atoms with Crippen molar-refractivity contribution in [1.29, 1.82) is 0 Å². The molecule has 1 unspecified atom stereocenters.